The zero-order valence-electron chi connectivity index (χ0n) is 8.71. The van der Waals surface area contributed by atoms with Crippen LogP contribution in [0, 0.1) is 0 Å². The molecule has 0 aromatic rings. The molecule has 88 valence electrons. The van der Waals surface area contributed by atoms with Crippen molar-refractivity contribution in [2.45, 2.75) is 18.9 Å². The highest BCUT2D eigenvalue weighted by atomic mass is 32.1. The molecule has 1 heterocycles. The molecule has 0 spiro atoms. The minimum Gasteiger partial charge on any atom is -0.358 e. The number of hydrazine groups is 1. The lowest BCUT2D eigenvalue weighted by molar-refractivity contribution is -0.126. The lowest BCUT2D eigenvalue weighted by atomic mass is 10.2. The molecule has 4 N–H and O–H groups in total. The fourth-order valence-corrected chi connectivity index (χ4v) is 1.36. The van der Waals surface area contributed by atoms with Gasteiger partial charge >= 0.3 is 0 Å². The SMILES string of the molecule is C=CCNC(=S)NNC(=O)C1CCC(=O)N1. The third-order valence-electron chi connectivity index (χ3n) is 2.02. The van der Waals surface area contributed by atoms with E-state index in [-0.39, 0.29) is 11.8 Å². The Morgan fingerprint density at radius 2 is 2.38 bits per heavy atom. The molecule has 0 radical (unpaired) electrons. The van der Waals surface area contributed by atoms with Crippen LogP contribution < -0.4 is 21.5 Å². The summed E-state index contributed by atoms with van der Waals surface area (Å²) in [6.45, 7) is 4.03. The minimum atomic E-state index is -0.470. The summed E-state index contributed by atoms with van der Waals surface area (Å²) in [5, 5.41) is 5.64. The second-order valence-electron chi connectivity index (χ2n) is 3.27. The molecule has 1 aliphatic heterocycles. The number of rotatable bonds is 3. The Kier molecular flexibility index (Phi) is 4.71. The van der Waals surface area contributed by atoms with Crippen LogP contribution in [0.15, 0.2) is 12.7 Å². The fraction of sp³-hybridized carbons (Fsp3) is 0.444. The van der Waals surface area contributed by atoms with Gasteiger partial charge in [-0.3, -0.25) is 20.4 Å². The Bertz CT molecular complexity index is 319. The van der Waals surface area contributed by atoms with Gasteiger partial charge in [-0.15, -0.1) is 6.58 Å². The Labute approximate surface area is 98.8 Å². The van der Waals surface area contributed by atoms with Crippen molar-refractivity contribution in [1.82, 2.24) is 21.5 Å². The van der Waals surface area contributed by atoms with Crippen molar-refractivity contribution in [3.8, 4) is 0 Å². The van der Waals surface area contributed by atoms with Crippen LogP contribution in [0.5, 0.6) is 0 Å². The van der Waals surface area contributed by atoms with Crippen LogP contribution in [0.3, 0.4) is 0 Å². The maximum absolute atomic E-state index is 11.5. The van der Waals surface area contributed by atoms with Crippen LogP contribution in [0.2, 0.25) is 0 Å². The van der Waals surface area contributed by atoms with Crippen LogP contribution in [0.4, 0.5) is 0 Å². The van der Waals surface area contributed by atoms with E-state index in [9.17, 15) is 9.59 Å². The van der Waals surface area contributed by atoms with Crippen molar-refractivity contribution in [1.29, 1.82) is 0 Å². The molecule has 0 aromatic heterocycles. The average molecular weight is 242 g/mol. The predicted octanol–water partition coefficient (Wildman–Crippen LogP) is -1.05. The second-order valence-corrected chi connectivity index (χ2v) is 3.68. The molecule has 1 rings (SSSR count). The molecule has 2 amide bonds. The van der Waals surface area contributed by atoms with Gasteiger partial charge in [-0.1, -0.05) is 6.08 Å². The largest absolute Gasteiger partial charge is 0.358 e. The highest BCUT2D eigenvalue weighted by Gasteiger charge is 2.26. The molecule has 6 nitrogen and oxygen atoms in total. The van der Waals surface area contributed by atoms with E-state index in [1.54, 1.807) is 6.08 Å². The van der Waals surface area contributed by atoms with Crippen molar-refractivity contribution in [2.24, 2.45) is 0 Å². The van der Waals surface area contributed by atoms with Crippen LogP contribution in [-0.2, 0) is 9.59 Å². The Balaban J connectivity index is 2.22. The normalized spacial score (nSPS) is 18.5. The first kappa shape index (κ1) is 12.4. The molecule has 7 heteroatoms. The van der Waals surface area contributed by atoms with E-state index >= 15 is 0 Å². The highest BCUT2D eigenvalue weighted by molar-refractivity contribution is 7.80. The molecule has 1 atom stereocenters. The molecule has 1 fully saturated rings. The molecule has 1 saturated heterocycles. The van der Waals surface area contributed by atoms with Gasteiger partial charge in [0.25, 0.3) is 5.91 Å². The van der Waals surface area contributed by atoms with Gasteiger partial charge in [0.05, 0.1) is 0 Å². The van der Waals surface area contributed by atoms with E-state index in [0.29, 0.717) is 24.5 Å². The first-order chi connectivity index (χ1) is 7.63. The molecule has 16 heavy (non-hydrogen) atoms. The Morgan fingerprint density at radius 3 is 2.94 bits per heavy atom. The van der Waals surface area contributed by atoms with Crippen molar-refractivity contribution in [2.75, 3.05) is 6.54 Å². The number of amides is 2. The zero-order valence-corrected chi connectivity index (χ0v) is 9.52. The molecule has 0 bridgehead atoms. The first-order valence-electron chi connectivity index (χ1n) is 4.87. The fourth-order valence-electron chi connectivity index (χ4n) is 1.23. The summed E-state index contributed by atoms with van der Waals surface area (Å²) >= 11 is 4.86. The number of carbonyl (C=O) groups is 2. The van der Waals surface area contributed by atoms with Crippen molar-refractivity contribution >= 4 is 29.1 Å². The van der Waals surface area contributed by atoms with Crippen LogP contribution in [0.25, 0.3) is 0 Å². The Morgan fingerprint density at radius 1 is 1.62 bits per heavy atom. The monoisotopic (exact) mass is 242 g/mol. The molecule has 0 aliphatic carbocycles. The van der Waals surface area contributed by atoms with Gasteiger partial charge in [0, 0.05) is 13.0 Å². The Hall–Kier alpha value is -1.63. The highest BCUT2D eigenvalue weighted by Crippen LogP contribution is 2.05. The molecular weight excluding hydrogens is 228 g/mol. The smallest absolute Gasteiger partial charge is 0.260 e. The van der Waals surface area contributed by atoms with E-state index in [0.717, 1.165) is 0 Å². The summed E-state index contributed by atoms with van der Waals surface area (Å²) in [7, 11) is 0. The molecular formula is C9H14N4O2S. The van der Waals surface area contributed by atoms with Crippen molar-refractivity contribution < 1.29 is 9.59 Å². The third kappa shape index (κ3) is 3.85. The quantitative estimate of drug-likeness (QED) is 0.288. The molecule has 0 aromatic carbocycles. The van der Waals surface area contributed by atoms with Gasteiger partial charge in [-0.05, 0) is 18.6 Å². The van der Waals surface area contributed by atoms with Crippen molar-refractivity contribution in [3.05, 3.63) is 12.7 Å². The summed E-state index contributed by atoms with van der Waals surface area (Å²) in [4.78, 5) is 22.3. The van der Waals surface area contributed by atoms with Gasteiger partial charge in [0.15, 0.2) is 5.11 Å². The van der Waals surface area contributed by atoms with Crippen LogP contribution in [-0.4, -0.2) is 29.5 Å². The molecule has 0 saturated carbocycles. The summed E-state index contributed by atoms with van der Waals surface area (Å²) in [5.41, 5.74) is 4.94. The van der Waals surface area contributed by atoms with Crippen molar-refractivity contribution in [3.63, 3.8) is 0 Å². The standard InChI is InChI=1S/C9H14N4O2S/c1-2-5-10-9(16)13-12-8(15)6-3-4-7(14)11-6/h2,6H,1,3-5H2,(H,11,14)(H,12,15)(H2,10,13,16). The van der Waals surface area contributed by atoms with Gasteiger partial charge in [-0.25, -0.2) is 0 Å². The second kappa shape index (κ2) is 6.06. The first-order valence-corrected chi connectivity index (χ1v) is 5.28. The number of nitrogens with one attached hydrogen (secondary N) is 4. The summed E-state index contributed by atoms with van der Waals surface area (Å²) in [6.07, 6.45) is 2.55. The predicted molar refractivity (Wildman–Crippen MR) is 63.2 cm³/mol. The maximum Gasteiger partial charge on any atom is 0.260 e. The maximum atomic E-state index is 11.5. The van der Waals surface area contributed by atoms with Crippen LogP contribution >= 0.6 is 12.2 Å². The van der Waals surface area contributed by atoms with Gasteiger partial charge in [0.2, 0.25) is 5.91 Å². The van der Waals surface area contributed by atoms with E-state index in [1.165, 1.54) is 0 Å². The summed E-state index contributed by atoms with van der Waals surface area (Å²) < 4.78 is 0. The summed E-state index contributed by atoms with van der Waals surface area (Å²) in [6, 6.07) is -0.470. The average Bonchev–Trinajstić information content (AvgIpc) is 2.69. The zero-order chi connectivity index (χ0) is 12.0. The minimum absolute atomic E-state index is 0.104. The number of carbonyl (C=O) groups excluding carboxylic acids is 2. The van der Waals surface area contributed by atoms with E-state index < -0.39 is 6.04 Å². The van der Waals surface area contributed by atoms with E-state index in [2.05, 4.69) is 28.1 Å². The van der Waals surface area contributed by atoms with E-state index in [1.807, 2.05) is 0 Å². The van der Waals surface area contributed by atoms with Gasteiger partial charge in [0.1, 0.15) is 6.04 Å². The summed E-state index contributed by atoms with van der Waals surface area (Å²) in [5.74, 6) is -0.402. The number of thiocarbonyl (C=S) groups is 1. The topological polar surface area (TPSA) is 82.3 Å². The number of hydrogen-bond acceptors (Lipinski definition) is 3. The number of hydrogen-bond donors (Lipinski definition) is 4. The van der Waals surface area contributed by atoms with Gasteiger partial charge in [-0.2, -0.15) is 0 Å². The molecule has 1 aliphatic rings. The molecule has 1 unspecified atom stereocenters. The van der Waals surface area contributed by atoms with Gasteiger partial charge < -0.3 is 10.6 Å². The van der Waals surface area contributed by atoms with E-state index in [4.69, 9.17) is 12.2 Å². The van der Waals surface area contributed by atoms with Crippen LogP contribution in [0.1, 0.15) is 12.8 Å². The lowest BCUT2D eigenvalue weighted by Gasteiger charge is -2.13. The lowest BCUT2D eigenvalue weighted by Crippen LogP contribution is -2.52. The third-order valence-corrected chi connectivity index (χ3v) is 2.26.